The standard InChI is InChI=1S/C35H31F3N6O2/c1-2-25-28(37)7-4-19-10-24(45)12-26(29(19)25)30-20(14-39)11-27-32(31(30)38)41-34(42-33(27)44-17-22-5-6-23(44)15-40-22)46-18-35-8-3-9-43(35)16-21(36)13-35/h1,4,7,10-12,21-23,40,45H,3,5-6,8-9,13,15-18H2/t21-,22?,23?,35+/m1/s1. The predicted molar refractivity (Wildman–Crippen MR) is 167 cm³/mol. The molecule has 8 nitrogen and oxygen atoms in total. The van der Waals surface area contributed by atoms with Crippen molar-refractivity contribution in [3.05, 3.63) is 53.1 Å². The van der Waals surface area contributed by atoms with Crippen molar-refractivity contribution in [2.75, 3.05) is 37.7 Å². The van der Waals surface area contributed by atoms with Gasteiger partial charge in [-0.1, -0.05) is 12.0 Å². The fourth-order valence-corrected chi connectivity index (χ4v) is 8.20. The van der Waals surface area contributed by atoms with E-state index in [1.165, 1.54) is 24.3 Å². The van der Waals surface area contributed by atoms with Gasteiger partial charge in [0, 0.05) is 54.5 Å². The number of alkyl halides is 1. The summed E-state index contributed by atoms with van der Waals surface area (Å²) in [5.74, 6) is 1.09. The molecule has 2 bridgehead atoms. The molecule has 2 N–H and O–H groups in total. The van der Waals surface area contributed by atoms with Gasteiger partial charge in [-0.25, -0.2) is 13.2 Å². The summed E-state index contributed by atoms with van der Waals surface area (Å²) in [7, 11) is 0. The molecule has 5 saturated heterocycles. The Morgan fingerprint density at radius 2 is 2.04 bits per heavy atom. The van der Waals surface area contributed by atoms with Gasteiger partial charge < -0.3 is 20.1 Å². The summed E-state index contributed by atoms with van der Waals surface area (Å²) in [6.07, 6.45) is 8.79. The number of benzene rings is 3. The molecule has 0 amide bonds. The van der Waals surface area contributed by atoms with E-state index in [4.69, 9.17) is 16.1 Å². The van der Waals surface area contributed by atoms with Crippen molar-refractivity contribution in [1.29, 1.82) is 5.26 Å². The van der Waals surface area contributed by atoms with E-state index in [0.29, 0.717) is 36.1 Å². The largest absolute Gasteiger partial charge is 0.508 e. The third-order valence-electron chi connectivity index (χ3n) is 10.3. The average Bonchev–Trinajstić information content (AvgIpc) is 3.59. The zero-order valence-corrected chi connectivity index (χ0v) is 25.0. The second kappa shape index (κ2) is 10.8. The molecular weight excluding hydrogens is 593 g/mol. The Labute approximate surface area is 263 Å². The number of phenols is 1. The number of halogens is 3. The fourth-order valence-electron chi connectivity index (χ4n) is 8.20. The van der Waals surface area contributed by atoms with E-state index in [0.717, 1.165) is 38.8 Å². The van der Waals surface area contributed by atoms with Crippen LogP contribution in [0.15, 0.2) is 30.3 Å². The first-order valence-corrected chi connectivity index (χ1v) is 15.7. The molecule has 0 saturated carbocycles. The van der Waals surface area contributed by atoms with E-state index >= 15 is 4.39 Å². The number of nitrogens with one attached hydrogen (secondary N) is 1. The number of nitrogens with zero attached hydrogens (tertiary/aromatic N) is 5. The summed E-state index contributed by atoms with van der Waals surface area (Å²) in [6, 6.07) is 9.29. The van der Waals surface area contributed by atoms with Crippen LogP contribution in [0.5, 0.6) is 11.8 Å². The lowest BCUT2D eigenvalue weighted by atomic mass is 9.89. The quantitative estimate of drug-likeness (QED) is 0.293. The number of hydrogen-bond acceptors (Lipinski definition) is 8. The van der Waals surface area contributed by atoms with E-state index in [9.17, 15) is 19.1 Å². The van der Waals surface area contributed by atoms with Gasteiger partial charge in [0.25, 0.3) is 0 Å². The maximum absolute atomic E-state index is 17.1. The van der Waals surface area contributed by atoms with E-state index in [-0.39, 0.29) is 63.6 Å². The van der Waals surface area contributed by atoms with Gasteiger partial charge >= 0.3 is 6.01 Å². The number of anilines is 1. The monoisotopic (exact) mass is 624 g/mol. The molecule has 5 aliphatic heterocycles. The van der Waals surface area contributed by atoms with Crippen LogP contribution >= 0.6 is 0 Å². The van der Waals surface area contributed by atoms with Gasteiger partial charge in [-0.05, 0) is 67.4 Å². The van der Waals surface area contributed by atoms with Crippen LogP contribution < -0.4 is 15.0 Å². The van der Waals surface area contributed by atoms with Crippen molar-refractivity contribution in [2.24, 2.45) is 0 Å². The Kier molecular flexibility index (Phi) is 6.75. The average molecular weight is 625 g/mol. The zero-order chi connectivity index (χ0) is 31.7. The molecule has 3 aromatic carbocycles. The number of aromatic nitrogens is 2. The number of fused-ring (bicyclic) bond motifs is 6. The number of piperidine rings is 2. The van der Waals surface area contributed by atoms with Crippen LogP contribution in [-0.2, 0) is 0 Å². The highest BCUT2D eigenvalue weighted by molar-refractivity contribution is 6.05. The van der Waals surface area contributed by atoms with Crippen LogP contribution in [0.1, 0.15) is 43.2 Å². The lowest BCUT2D eigenvalue weighted by molar-refractivity contribution is 0.107. The van der Waals surface area contributed by atoms with Gasteiger partial charge in [0.2, 0.25) is 0 Å². The maximum Gasteiger partial charge on any atom is 0.319 e. The molecule has 1 aromatic heterocycles. The van der Waals surface area contributed by atoms with Crippen LogP contribution in [0.4, 0.5) is 19.0 Å². The second-order valence-corrected chi connectivity index (χ2v) is 13.0. The molecule has 0 spiro atoms. The minimum Gasteiger partial charge on any atom is -0.508 e. The molecule has 234 valence electrons. The van der Waals surface area contributed by atoms with Crippen molar-refractivity contribution in [3.63, 3.8) is 0 Å². The highest BCUT2D eigenvalue weighted by Crippen LogP contribution is 2.44. The smallest absolute Gasteiger partial charge is 0.319 e. The molecule has 4 atom stereocenters. The number of aromatic hydroxyl groups is 1. The van der Waals surface area contributed by atoms with Gasteiger partial charge in [0.1, 0.15) is 35.7 Å². The van der Waals surface area contributed by atoms with Crippen LogP contribution in [-0.4, -0.2) is 76.6 Å². The molecule has 5 fully saturated rings. The lowest BCUT2D eigenvalue weighted by Crippen LogP contribution is -2.61. The zero-order valence-electron chi connectivity index (χ0n) is 25.0. The number of terminal acetylenes is 1. The minimum absolute atomic E-state index is 0.0360. The molecule has 0 aliphatic carbocycles. The van der Waals surface area contributed by atoms with Crippen LogP contribution in [0.25, 0.3) is 32.8 Å². The van der Waals surface area contributed by atoms with E-state index in [2.05, 4.69) is 32.1 Å². The predicted octanol–water partition coefficient (Wildman–Crippen LogP) is 5.18. The van der Waals surface area contributed by atoms with E-state index in [1.54, 1.807) is 6.07 Å². The lowest BCUT2D eigenvalue weighted by Gasteiger charge is -2.46. The molecule has 11 heteroatoms. The fraction of sp³-hybridized carbons (Fsp3) is 0.400. The molecule has 0 radical (unpaired) electrons. The Morgan fingerprint density at radius 1 is 1.17 bits per heavy atom. The molecule has 46 heavy (non-hydrogen) atoms. The second-order valence-electron chi connectivity index (χ2n) is 13.0. The normalized spacial score (nSPS) is 25.6. The first-order chi connectivity index (χ1) is 22.3. The van der Waals surface area contributed by atoms with Crippen molar-refractivity contribution >= 4 is 27.5 Å². The molecular formula is C35H31F3N6O2. The topological polar surface area (TPSA) is 97.5 Å². The summed E-state index contributed by atoms with van der Waals surface area (Å²) >= 11 is 0. The van der Waals surface area contributed by atoms with Crippen molar-refractivity contribution in [2.45, 2.75) is 55.9 Å². The molecule has 5 aliphatic rings. The Morgan fingerprint density at radius 3 is 2.78 bits per heavy atom. The number of piperazine rings is 1. The molecule has 6 heterocycles. The van der Waals surface area contributed by atoms with E-state index in [1.807, 2.05) is 0 Å². The summed E-state index contributed by atoms with van der Waals surface area (Å²) in [5, 5.41) is 25.4. The Balaban J connectivity index is 1.34. The van der Waals surface area contributed by atoms with Crippen molar-refractivity contribution < 1.29 is 23.0 Å². The highest BCUT2D eigenvalue weighted by Gasteiger charge is 2.49. The van der Waals surface area contributed by atoms with Gasteiger partial charge in [0.05, 0.1) is 22.7 Å². The van der Waals surface area contributed by atoms with Crippen LogP contribution in [0.2, 0.25) is 0 Å². The summed E-state index contributed by atoms with van der Waals surface area (Å²) < 4.78 is 52.8. The maximum atomic E-state index is 17.1. The summed E-state index contributed by atoms with van der Waals surface area (Å²) in [5.41, 5.74) is -0.771. The Bertz CT molecular complexity index is 2000. The third-order valence-corrected chi connectivity index (χ3v) is 10.3. The summed E-state index contributed by atoms with van der Waals surface area (Å²) in [4.78, 5) is 13.6. The van der Waals surface area contributed by atoms with Gasteiger partial charge in [-0.2, -0.15) is 15.2 Å². The van der Waals surface area contributed by atoms with Crippen molar-refractivity contribution in [1.82, 2.24) is 20.2 Å². The first kappa shape index (κ1) is 28.9. The highest BCUT2D eigenvalue weighted by atomic mass is 19.1. The SMILES string of the molecule is C#Cc1c(F)ccc2cc(O)cc(-c3c(C#N)cc4c(N5CC6CCC5CN6)nc(OC[C@@]56CCCN5C[C@H](F)C6)nc4c3F)c12. The number of phenolic OH excluding ortho intramolecular Hbond substituents is 1. The van der Waals surface area contributed by atoms with Gasteiger partial charge in [0.15, 0.2) is 5.82 Å². The first-order valence-electron chi connectivity index (χ1n) is 15.7. The minimum atomic E-state index is -0.937. The number of rotatable bonds is 5. The number of ether oxygens (including phenoxy) is 1. The van der Waals surface area contributed by atoms with Gasteiger partial charge in [-0.3, -0.25) is 4.90 Å². The summed E-state index contributed by atoms with van der Waals surface area (Å²) in [6.45, 7) is 2.71. The molecule has 9 rings (SSSR count). The molecule has 2 unspecified atom stereocenters. The van der Waals surface area contributed by atoms with E-state index < -0.39 is 23.3 Å². The Hall–Kier alpha value is -4.58. The molecule has 4 aromatic rings. The number of nitriles is 1. The van der Waals surface area contributed by atoms with Gasteiger partial charge in [-0.15, -0.1) is 6.42 Å². The van der Waals surface area contributed by atoms with Crippen LogP contribution in [0, 0.1) is 35.3 Å². The third kappa shape index (κ3) is 4.44. The van der Waals surface area contributed by atoms with Crippen molar-refractivity contribution in [3.8, 4) is 41.3 Å². The number of hydrogen-bond donors (Lipinski definition) is 2. The van der Waals surface area contributed by atoms with Crippen LogP contribution in [0.3, 0.4) is 0 Å².